The molecule has 0 unspecified atom stereocenters. The van der Waals surface area contributed by atoms with Crippen molar-refractivity contribution < 1.29 is 4.79 Å². The van der Waals surface area contributed by atoms with E-state index in [9.17, 15) is 4.79 Å². The van der Waals surface area contributed by atoms with Crippen molar-refractivity contribution in [2.45, 2.75) is 45.2 Å². The second kappa shape index (κ2) is 5.99. The number of hydrogen-bond acceptors (Lipinski definition) is 6. The minimum Gasteiger partial charge on any atom is -0.351 e. The van der Waals surface area contributed by atoms with Crippen LogP contribution in [0, 0.1) is 0 Å². The second-order valence-corrected chi connectivity index (χ2v) is 5.87. The fourth-order valence-electron chi connectivity index (χ4n) is 3.04. The Bertz CT molecular complexity index is 836. The number of hydrogen-bond donors (Lipinski definition) is 1. The maximum absolute atomic E-state index is 12.3. The number of aromatic nitrogens is 7. The number of nitrogens with zero attached hydrogens (tertiary/aromatic N) is 7. The lowest BCUT2D eigenvalue weighted by molar-refractivity contribution is -0.121. The molecule has 3 aromatic rings. The van der Waals surface area contributed by atoms with Crippen molar-refractivity contribution in [2.24, 2.45) is 0 Å². The molecule has 0 aliphatic carbocycles. The van der Waals surface area contributed by atoms with E-state index in [4.69, 9.17) is 0 Å². The van der Waals surface area contributed by atoms with Crippen LogP contribution in [0.5, 0.6) is 0 Å². The third kappa shape index (κ3) is 2.72. The van der Waals surface area contributed by atoms with E-state index in [-0.39, 0.29) is 18.4 Å². The van der Waals surface area contributed by atoms with Crippen LogP contribution in [-0.4, -0.2) is 46.3 Å². The molecule has 1 amide bonds. The highest BCUT2D eigenvalue weighted by Crippen LogP contribution is 2.15. The molecule has 1 atom stereocenters. The molecule has 0 aromatic carbocycles. The summed E-state index contributed by atoms with van der Waals surface area (Å²) >= 11 is 0. The minimum atomic E-state index is -0.0783. The summed E-state index contributed by atoms with van der Waals surface area (Å²) in [6.45, 7) is 2.78. The van der Waals surface area contributed by atoms with Crippen LogP contribution >= 0.6 is 0 Å². The molecule has 9 nitrogen and oxygen atoms in total. The average Bonchev–Trinajstić information content (AvgIpc) is 3.17. The molecule has 3 aromatic heterocycles. The molecule has 0 spiro atoms. The van der Waals surface area contributed by atoms with Crippen molar-refractivity contribution in [2.75, 3.05) is 0 Å². The molecule has 4 heterocycles. The van der Waals surface area contributed by atoms with Gasteiger partial charge in [0.2, 0.25) is 5.91 Å². The van der Waals surface area contributed by atoms with E-state index in [1.54, 1.807) is 23.0 Å². The highest BCUT2D eigenvalue weighted by atomic mass is 16.1. The van der Waals surface area contributed by atoms with Gasteiger partial charge in [-0.05, 0) is 12.5 Å². The summed E-state index contributed by atoms with van der Waals surface area (Å²) in [5, 5.41) is 15.7. The summed E-state index contributed by atoms with van der Waals surface area (Å²) in [5.41, 5.74) is 0. The Kier molecular flexibility index (Phi) is 3.68. The van der Waals surface area contributed by atoms with Gasteiger partial charge in [0.05, 0.1) is 6.42 Å². The maximum atomic E-state index is 12.3. The molecule has 124 valence electrons. The Morgan fingerprint density at radius 2 is 2.33 bits per heavy atom. The zero-order valence-electron chi connectivity index (χ0n) is 13.4. The molecule has 0 fully saturated rings. The Labute approximate surface area is 138 Å². The molecule has 0 saturated heterocycles. The predicted molar refractivity (Wildman–Crippen MR) is 84.1 cm³/mol. The van der Waals surface area contributed by atoms with Gasteiger partial charge in [0.25, 0.3) is 5.78 Å². The number of amides is 1. The minimum absolute atomic E-state index is 0.0783. The first-order chi connectivity index (χ1) is 11.7. The monoisotopic (exact) mass is 326 g/mol. The lowest BCUT2D eigenvalue weighted by Crippen LogP contribution is -2.42. The average molecular weight is 326 g/mol. The van der Waals surface area contributed by atoms with Gasteiger partial charge in [0.15, 0.2) is 5.82 Å². The summed E-state index contributed by atoms with van der Waals surface area (Å²) in [5.74, 6) is 2.87. The van der Waals surface area contributed by atoms with E-state index in [2.05, 4.69) is 42.1 Å². The number of carbonyl (C=O) groups is 1. The third-order valence-corrected chi connectivity index (χ3v) is 4.18. The zero-order chi connectivity index (χ0) is 16.5. The van der Waals surface area contributed by atoms with Crippen molar-refractivity contribution in [3.05, 3.63) is 35.9 Å². The standard InChI is InChI=1S/C15H18N8O/c1-2-12-19-20-13-5-4-10(9-22(12)13)17-14(24)8-11-18-15-16-6-3-7-23(15)21-11/h3,6-7,10H,2,4-5,8-9H2,1H3,(H,17,24)/t10-/m1/s1. The summed E-state index contributed by atoms with van der Waals surface area (Å²) in [6, 6.07) is 1.86. The summed E-state index contributed by atoms with van der Waals surface area (Å²) in [6.07, 6.45) is 6.10. The van der Waals surface area contributed by atoms with E-state index in [0.717, 1.165) is 37.5 Å². The fraction of sp³-hybridized carbons (Fsp3) is 0.467. The van der Waals surface area contributed by atoms with Crippen LogP contribution in [0.1, 0.15) is 30.8 Å². The van der Waals surface area contributed by atoms with E-state index in [1.807, 2.05) is 0 Å². The van der Waals surface area contributed by atoms with Gasteiger partial charge in [-0.15, -0.1) is 15.3 Å². The van der Waals surface area contributed by atoms with Crippen molar-refractivity contribution in [3.8, 4) is 0 Å². The Balaban J connectivity index is 1.41. The first-order valence-electron chi connectivity index (χ1n) is 8.09. The highest BCUT2D eigenvalue weighted by Gasteiger charge is 2.23. The molecule has 24 heavy (non-hydrogen) atoms. The van der Waals surface area contributed by atoms with Gasteiger partial charge in [-0.25, -0.2) is 9.50 Å². The van der Waals surface area contributed by atoms with Crippen molar-refractivity contribution >= 4 is 11.7 Å². The molecular formula is C15H18N8O. The van der Waals surface area contributed by atoms with Crippen LogP contribution in [-0.2, 0) is 30.6 Å². The quantitative estimate of drug-likeness (QED) is 0.721. The Morgan fingerprint density at radius 1 is 1.42 bits per heavy atom. The SMILES string of the molecule is CCc1nnc2n1C[C@H](NC(=O)Cc1nc3ncccn3n1)CC2. The van der Waals surface area contributed by atoms with Crippen molar-refractivity contribution in [3.63, 3.8) is 0 Å². The number of aryl methyl sites for hydroxylation is 2. The van der Waals surface area contributed by atoms with Crippen molar-refractivity contribution in [1.82, 2.24) is 39.7 Å². The number of carbonyl (C=O) groups excluding carboxylic acids is 1. The highest BCUT2D eigenvalue weighted by molar-refractivity contribution is 5.78. The van der Waals surface area contributed by atoms with Gasteiger partial charge in [0, 0.05) is 37.8 Å². The van der Waals surface area contributed by atoms with E-state index in [0.29, 0.717) is 11.6 Å². The van der Waals surface area contributed by atoms with E-state index >= 15 is 0 Å². The molecule has 0 bridgehead atoms. The maximum Gasteiger partial charge on any atom is 0.252 e. The fourth-order valence-corrected chi connectivity index (χ4v) is 3.04. The van der Waals surface area contributed by atoms with E-state index < -0.39 is 0 Å². The normalized spacial score (nSPS) is 17.0. The number of fused-ring (bicyclic) bond motifs is 2. The molecule has 1 aliphatic rings. The predicted octanol–water partition coefficient (Wildman–Crippen LogP) is -0.0481. The molecule has 9 heteroatoms. The Morgan fingerprint density at radius 3 is 3.17 bits per heavy atom. The molecule has 0 radical (unpaired) electrons. The summed E-state index contributed by atoms with van der Waals surface area (Å²) in [4.78, 5) is 20.7. The second-order valence-electron chi connectivity index (χ2n) is 5.87. The molecule has 1 aliphatic heterocycles. The number of nitrogens with one attached hydrogen (secondary N) is 1. The van der Waals surface area contributed by atoms with Crippen LogP contribution in [0.3, 0.4) is 0 Å². The number of rotatable bonds is 4. The van der Waals surface area contributed by atoms with Crippen LogP contribution in [0.4, 0.5) is 0 Å². The van der Waals surface area contributed by atoms with Gasteiger partial charge in [-0.1, -0.05) is 6.92 Å². The summed E-state index contributed by atoms with van der Waals surface area (Å²) in [7, 11) is 0. The third-order valence-electron chi connectivity index (χ3n) is 4.18. The zero-order valence-corrected chi connectivity index (χ0v) is 13.4. The lowest BCUT2D eigenvalue weighted by Gasteiger charge is -2.25. The smallest absolute Gasteiger partial charge is 0.252 e. The molecule has 4 rings (SSSR count). The molecular weight excluding hydrogens is 308 g/mol. The van der Waals surface area contributed by atoms with Gasteiger partial charge in [-0.2, -0.15) is 4.98 Å². The van der Waals surface area contributed by atoms with Crippen molar-refractivity contribution in [1.29, 1.82) is 0 Å². The topological polar surface area (TPSA) is 103 Å². The Hall–Kier alpha value is -2.84. The van der Waals surface area contributed by atoms with Crippen LogP contribution < -0.4 is 5.32 Å². The lowest BCUT2D eigenvalue weighted by atomic mass is 10.1. The van der Waals surface area contributed by atoms with Gasteiger partial charge < -0.3 is 9.88 Å². The molecule has 0 saturated carbocycles. The summed E-state index contributed by atoms with van der Waals surface area (Å²) < 4.78 is 3.68. The first-order valence-corrected chi connectivity index (χ1v) is 8.09. The molecule has 1 N–H and O–H groups in total. The van der Waals surface area contributed by atoms with E-state index in [1.165, 1.54) is 0 Å². The van der Waals surface area contributed by atoms with Gasteiger partial charge in [-0.3, -0.25) is 4.79 Å². The first kappa shape index (κ1) is 14.7. The van der Waals surface area contributed by atoms with Crippen LogP contribution in [0.25, 0.3) is 5.78 Å². The van der Waals surface area contributed by atoms with Crippen LogP contribution in [0.15, 0.2) is 18.5 Å². The van der Waals surface area contributed by atoms with Gasteiger partial charge >= 0.3 is 0 Å². The largest absolute Gasteiger partial charge is 0.351 e. The van der Waals surface area contributed by atoms with Gasteiger partial charge in [0.1, 0.15) is 11.6 Å². The van der Waals surface area contributed by atoms with Crippen LogP contribution in [0.2, 0.25) is 0 Å².